The summed E-state index contributed by atoms with van der Waals surface area (Å²) in [4.78, 5) is 29.1. The Bertz CT molecular complexity index is 1140. The van der Waals surface area contributed by atoms with Gasteiger partial charge in [-0.1, -0.05) is 68.4 Å². The van der Waals surface area contributed by atoms with Crippen LogP contribution in [0.15, 0.2) is 54.6 Å². The lowest BCUT2D eigenvalue weighted by molar-refractivity contribution is -0.132. The molecule has 8 nitrogen and oxygen atoms in total. The first-order valence-corrected chi connectivity index (χ1v) is 13.2. The lowest BCUT2D eigenvalue weighted by Crippen LogP contribution is -2.53. The molecule has 2 saturated heterocycles. The molecule has 4 rings (SSSR count). The highest BCUT2D eigenvalue weighted by Crippen LogP contribution is 2.30. The molecule has 0 radical (unpaired) electrons. The molecule has 0 saturated carbocycles. The summed E-state index contributed by atoms with van der Waals surface area (Å²) in [5, 5.41) is 2.85. The molecule has 0 aliphatic carbocycles. The monoisotopic (exact) mass is 484 g/mol. The summed E-state index contributed by atoms with van der Waals surface area (Å²) in [5.41, 5.74) is 1.55. The SMILES string of the molecule is CC(C)c1ccc([C@]2(C)NC(=O)N(CN3CCN(S(=O)(=O)Cc4ccccc4)CC3)C2=O)cc1. The van der Waals surface area contributed by atoms with Crippen LogP contribution in [-0.4, -0.2) is 67.3 Å². The van der Waals surface area contributed by atoms with E-state index in [9.17, 15) is 18.0 Å². The van der Waals surface area contributed by atoms with E-state index in [0.29, 0.717) is 32.1 Å². The number of urea groups is 1. The Balaban J connectivity index is 1.37. The number of carbonyl (C=O) groups excluding carboxylic acids is 2. The molecular weight excluding hydrogens is 452 g/mol. The van der Waals surface area contributed by atoms with Gasteiger partial charge in [0.1, 0.15) is 5.54 Å². The van der Waals surface area contributed by atoms with Gasteiger partial charge in [-0.25, -0.2) is 18.1 Å². The quantitative estimate of drug-likeness (QED) is 0.611. The Labute approximate surface area is 201 Å². The lowest BCUT2D eigenvalue weighted by Gasteiger charge is -2.35. The van der Waals surface area contributed by atoms with Crippen LogP contribution in [-0.2, 0) is 26.1 Å². The Hall–Kier alpha value is -2.75. The molecule has 1 atom stereocenters. The van der Waals surface area contributed by atoms with E-state index in [1.165, 1.54) is 14.8 Å². The van der Waals surface area contributed by atoms with Gasteiger partial charge in [0, 0.05) is 26.2 Å². The number of imide groups is 1. The summed E-state index contributed by atoms with van der Waals surface area (Å²) < 4.78 is 27.1. The van der Waals surface area contributed by atoms with E-state index in [-0.39, 0.29) is 18.3 Å². The topological polar surface area (TPSA) is 90.0 Å². The summed E-state index contributed by atoms with van der Waals surface area (Å²) in [7, 11) is -3.43. The number of benzene rings is 2. The summed E-state index contributed by atoms with van der Waals surface area (Å²) >= 11 is 0. The van der Waals surface area contributed by atoms with Crippen molar-refractivity contribution in [3.63, 3.8) is 0 Å². The number of carbonyl (C=O) groups is 2. The van der Waals surface area contributed by atoms with Crippen molar-refractivity contribution in [3.05, 3.63) is 71.3 Å². The van der Waals surface area contributed by atoms with Gasteiger partial charge < -0.3 is 5.32 Å². The van der Waals surface area contributed by atoms with Crippen molar-refractivity contribution in [1.29, 1.82) is 0 Å². The summed E-state index contributed by atoms with van der Waals surface area (Å²) in [6, 6.07) is 16.5. The van der Waals surface area contributed by atoms with Gasteiger partial charge in [-0.15, -0.1) is 0 Å². The molecule has 0 aromatic heterocycles. The average Bonchev–Trinajstić information content (AvgIpc) is 3.03. The third-order valence-electron chi connectivity index (χ3n) is 6.69. The number of hydrogen-bond donors (Lipinski definition) is 1. The molecule has 182 valence electrons. The number of nitrogens with zero attached hydrogens (tertiary/aromatic N) is 3. The van der Waals surface area contributed by atoms with Crippen LogP contribution in [0.1, 0.15) is 43.4 Å². The molecule has 0 unspecified atom stereocenters. The van der Waals surface area contributed by atoms with Crippen molar-refractivity contribution in [1.82, 2.24) is 19.4 Å². The standard InChI is InChI=1S/C25H32N4O4S/c1-19(2)21-9-11-22(12-10-21)25(3)23(30)29(24(31)26-25)18-27-13-15-28(16-14-27)34(32,33)17-20-7-5-4-6-8-20/h4-12,19H,13-18H2,1-3H3,(H,26,31)/t25-/m0/s1. The largest absolute Gasteiger partial charge is 0.326 e. The highest BCUT2D eigenvalue weighted by molar-refractivity contribution is 7.88. The van der Waals surface area contributed by atoms with Gasteiger partial charge >= 0.3 is 6.03 Å². The zero-order valence-corrected chi connectivity index (χ0v) is 20.7. The molecule has 0 spiro atoms. The summed E-state index contributed by atoms with van der Waals surface area (Å²) in [6.07, 6.45) is 0. The van der Waals surface area contributed by atoms with Gasteiger partial charge in [0.05, 0.1) is 12.4 Å². The molecule has 2 aliphatic heterocycles. The van der Waals surface area contributed by atoms with Crippen LogP contribution in [0.25, 0.3) is 0 Å². The number of nitrogens with one attached hydrogen (secondary N) is 1. The van der Waals surface area contributed by atoms with E-state index in [4.69, 9.17) is 0 Å². The highest BCUT2D eigenvalue weighted by atomic mass is 32.2. The molecule has 2 aliphatic rings. The molecule has 2 aromatic rings. The first kappa shape index (κ1) is 24.4. The van der Waals surface area contributed by atoms with Crippen molar-refractivity contribution >= 4 is 22.0 Å². The Morgan fingerprint density at radius 2 is 1.56 bits per heavy atom. The summed E-state index contributed by atoms with van der Waals surface area (Å²) in [6.45, 7) is 7.62. The average molecular weight is 485 g/mol. The number of sulfonamides is 1. The second-order valence-electron chi connectivity index (χ2n) is 9.47. The Morgan fingerprint density at radius 1 is 0.941 bits per heavy atom. The number of rotatable bonds is 7. The molecule has 2 fully saturated rings. The Kier molecular flexibility index (Phi) is 6.80. The first-order chi connectivity index (χ1) is 16.1. The predicted octanol–water partition coefficient (Wildman–Crippen LogP) is 2.68. The van der Waals surface area contributed by atoms with Crippen LogP contribution < -0.4 is 5.32 Å². The van der Waals surface area contributed by atoms with E-state index in [0.717, 1.165) is 11.1 Å². The van der Waals surface area contributed by atoms with Crippen LogP contribution in [0.3, 0.4) is 0 Å². The fourth-order valence-electron chi connectivity index (χ4n) is 4.45. The third kappa shape index (κ3) is 4.87. The normalized spacial score (nSPS) is 22.4. The second kappa shape index (κ2) is 9.48. The number of amides is 3. The van der Waals surface area contributed by atoms with Gasteiger partial charge in [0.25, 0.3) is 5.91 Å². The van der Waals surface area contributed by atoms with Crippen LogP contribution >= 0.6 is 0 Å². The van der Waals surface area contributed by atoms with Crippen LogP contribution in [0.4, 0.5) is 4.79 Å². The molecule has 1 N–H and O–H groups in total. The molecule has 2 heterocycles. The first-order valence-electron chi connectivity index (χ1n) is 11.6. The minimum Gasteiger partial charge on any atom is -0.319 e. The molecule has 0 bridgehead atoms. The maximum absolute atomic E-state index is 13.3. The van der Waals surface area contributed by atoms with Crippen molar-refractivity contribution in [2.45, 2.75) is 38.0 Å². The molecule has 2 aromatic carbocycles. The number of piperazine rings is 1. The van der Waals surface area contributed by atoms with E-state index in [1.807, 2.05) is 47.4 Å². The zero-order chi connectivity index (χ0) is 24.5. The van der Waals surface area contributed by atoms with Crippen LogP contribution in [0.5, 0.6) is 0 Å². The molecule has 34 heavy (non-hydrogen) atoms. The Morgan fingerprint density at radius 3 is 2.15 bits per heavy atom. The predicted molar refractivity (Wildman–Crippen MR) is 130 cm³/mol. The maximum Gasteiger partial charge on any atom is 0.326 e. The minimum atomic E-state index is -3.43. The minimum absolute atomic E-state index is 0.0329. The van der Waals surface area contributed by atoms with Crippen molar-refractivity contribution in [2.24, 2.45) is 0 Å². The van der Waals surface area contributed by atoms with Gasteiger partial charge in [0.2, 0.25) is 10.0 Å². The lowest BCUT2D eigenvalue weighted by atomic mass is 9.90. The van der Waals surface area contributed by atoms with Gasteiger partial charge in [-0.3, -0.25) is 9.69 Å². The van der Waals surface area contributed by atoms with Gasteiger partial charge in [-0.2, -0.15) is 4.31 Å². The molecule has 9 heteroatoms. The zero-order valence-electron chi connectivity index (χ0n) is 19.9. The van der Waals surface area contributed by atoms with E-state index < -0.39 is 21.6 Å². The summed E-state index contributed by atoms with van der Waals surface area (Å²) in [5.74, 6) is 0.0470. The van der Waals surface area contributed by atoms with Crippen LogP contribution in [0, 0.1) is 0 Å². The van der Waals surface area contributed by atoms with E-state index in [1.54, 1.807) is 19.1 Å². The van der Waals surface area contributed by atoms with Gasteiger partial charge in [-0.05, 0) is 29.5 Å². The van der Waals surface area contributed by atoms with Crippen molar-refractivity contribution in [2.75, 3.05) is 32.8 Å². The highest BCUT2D eigenvalue weighted by Gasteiger charge is 2.49. The number of hydrogen-bond acceptors (Lipinski definition) is 5. The van der Waals surface area contributed by atoms with Crippen molar-refractivity contribution < 1.29 is 18.0 Å². The molecule has 3 amide bonds. The maximum atomic E-state index is 13.3. The molecular formula is C25H32N4O4S. The van der Waals surface area contributed by atoms with Gasteiger partial charge in [0.15, 0.2) is 0 Å². The fourth-order valence-corrected chi connectivity index (χ4v) is 5.96. The fraction of sp³-hybridized carbons (Fsp3) is 0.440. The second-order valence-corrected chi connectivity index (χ2v) is 11.4. The third-order valence-corrected chi connectivity index (χ3v) is 8.54. The van der Waals surface area contributed by atoms with E-state index >= 15 is 0 Å². The van der Waals surface area contributed by atoms with Crippen LogP contribution in [0.2, 0.25) is 0 Å². The van der Waals surface area contributed by atoms with E-state index in [2.05, 4.69) is 19.2 Å². The smallest absolute Gasteiger partial charge is 0.319 e. The van der Waals surface area contributed by atoms with Crippen molar-refractivity contribution in [3.8, 4) is 0 Å².